The SMILES string of the molecule is CCCCCCc1ccc(C2(c3ccc(CCCCCC)cc3)c3cc4c(cc3-c3sc(C)cc32)C(c2ccc(CCCCCC)cc2)(c2ccc(CCCCCC)cc2)c2cc(-c3ccc(C5=C6C(=O)N(CC(CC)CCCC)C(c7ccc(C)s7)=C6C(=O)N5CC(CC)CCCC)s3)sc2-4)cc1. The van der Waals surface area contributed by atoms with Crippen LogP contribution >= 0.6 is 45.3 Å². The first-order valence-corrected chi connectivity index (χ1v) is 44.3. The summed E-state index contributed by atoms with van der Waals surface area (Å²) in [5.41, 5.74) is 20.7. The number of benzene rings is 5. The van der Waals surface area contributed by atoms with Crippen molar-refractivity contribution in [3.8, 4) is 30.6 Å². The van der Waals surface area contributed by atoms with Crippen LogP contribution in [0, 0.1) is 25.7 Å². The van der Waals surface area contributed by atoms with Gasteiger partial charge in [0.2, 0.25) is 0 Å². The summed E-state index contributed by atoms with van der Waals surface area (Å²) < 4.78 is 0. The maximum atomic E-state index is 15.9. The summed E-state index contributed by atoms with van der Waals surface area (Å²) in [6.45, 7) is 24.0. The Hall–Kier alpha value is -6.68. The molecule has 0 saturated heterocycles. The number of aryl methyl sites for hydroxylation is 6. The van der Waals surface area contributed by atoms with E-state index < -0.39 is 10.8 Å². The molecular weight excluding hydrogens is 1340 g/mol. The lowest BCUT2D eigenvalue weighted by molar-refractivity contribution is -0.124. The molecule has 0 spiro atoms. The Morgan fingerprint density at radius 3 is 1.05 bits per heavy atom. The van der Waals surface area contributed by atoms with Gasteiger partial charge in [0.25, 0.3) is 11.8 Å². The lowest BCUT2D eigenvalue weighted by atomic mass is 9.65. The Balaban J connectivity index is 1.03. The van der Waals surface area contributed by atoms with E-state index in [1.807, 2.05) is 27.6 Å². The second-order valence-electron chi connectivity index (χ2n) is 31.1. The zero-order valence-corrected chi connectivity index (χ0v) is 67.8. The number of thiophene rings is 4. The molecule has 9 aromatic rings. The molecule has 0 radical (unpaired) electrons. The van der Waals surface area contributed by atoms with Gasteiger partial charge in [0, 0.05) is 42.4 Å². The van der Waals surface area contributed by atoms with Gasteiger partial charge in [-0.3, -0.25) is 9.59 Å². The van der Waals surface area contributed by atoms with Crippen molar-refractivity contribution in [2.75, 3.05) is 13.1 Å². The zero-order chi connectivity index (χ0) is 72.5. The van der Waals surface area contributed by atoms with Crippen LogP contribution in [-0.2, 0) is 46.1 Å². The minimum Gasteiger partial charge on any atom is -0.306 e. The predicted molar refractivity (Wildman–Crippen MR) is 449 cm³/mol. The Morgan fingerprint density at radius 1 is 0.327 bits per heavy atom. The first kappa shape index (κ1) is 75.6. The fraction of sp³-hybridized carbons (Fsp3) is 0.458. The molecule has 8 heteroatoms. The maximum Gasteiger partial charge on any atom is 0.261 e. The van der Waals surface area contributed by atoms with Crippen molar-refractivity contribution >= 4 is 68.6 Å². The van der Waals surface area contributed by atoms with E-state index in [9.17, 15) is 0 Å². The fourth-order valence-corrected chi connectivity index (χ4v) is 22.3. The third-order valence-electron chi connectivity index (χ3n) is 23.9. The van der Waals surface area contributed by atoms with Gasteiger partial charge in [-0.2, -0.15) is 0 Å². The lowest BCUT2D eigenvalue weighted by Crippen LogP contribution is -2.34. The van der Waals surface area contributed by atoms with Crippen molar-refractivity contribution in [2.24, 2.45) is 11.8 Å². The zero-order valence-electron chi connectivity index (χ0n) is 64.6. The molecule has 2 atom stereocenters. The molecule has 2 aliphatic carbocycles. The smallest absolute Gasteiger partial charge is 0.261 e. The number of fused-ring (bicyclic) bond motifs is 7. The van der Waals surface area contributed by atoms with Crippen LogP contribution in [0.25, 0.3) is 42.0 Å². The fourth-order valence-electron chi connectivity index (χ4n) is 17.9. The van der Waals surface area contributed by atoms with Gasteiger partial charge < -0.3 is 9.80 Å². The van der Waals surface area contributed by atoms with Crippen molar-refractivity contribution in [1.82, 2.24) is 9.80 Å². The van der Waals surface area contributed by atoms with Crippen molar-refractivity contribution in [1.29, 1.82) is 0 Å². The largest absolute Gasteiger partial charge is 0.306 e. The first-order chi connectivity index (χ1) is 50.9. The van der Waals surface area contributed by atoms with E-state index in [2.05, 4.69) is 220 Å². The number of nitrogens with zero attached hydrogens (tertiary/aromatic N) is 2. The van der Waals surface area contributed by atoms with E-state index in [0.29, 0.717) is 36.1 Å². The Labute approximate surface area is 641 Å². The van der Waals surface area contributed by atoms with E-state index in [1.54, 1.807) is 22.7 Å². The summed E-state index contributed by atoms with van der Waals surface area (Å²) in [6, 6.07) is 59.2. The van der Waals surface area contributed by atoms with Crippen LogP contribution in [0.15, 0.2) is 157 Å². The van der Waals surface area contributed by atoms with Crippen LogP contribution in [0.3, 0.4) is 0 Å². The maximum absolute atomic E-state index is 15.9. The van der Waals surface area contributed by atoms with E-state index in [0.717, 1.165) is 103 Å². The number of unbranched alkanes of at least 4 members (excludes halogenated alkanes) is 14. The highest BCUT2D eigenvalue weighted by atomic mass is 32.1. The Morgan fingerprint density at radius 2 is 0.683 bits per heavy atom. The lowest BCUT2D eigenvalue weighted by Gasteiger charge is -2.35. The Bertz CT molecular complexity index is 4350. The van der Waals surface area contributed by atoms with Gasteiger partial charge in [0.05, 0.1) is 43.1 Å². The van der Waals surface area contributed by atoms with Crippen LogP contribution in [0.4, 0.5) is 0 Å². The van der Waals surface area contributed by atoms with Gasteiger partial charge in [0.1, 0.15) is 0 Å². The molecule has 4 nitrogen and oxygen atoms in total. The highest BCUT2D eigenvalue weighted by Gasteiger charge is 2.54. The van der Waals surface area contributed by atoms with Crippen LogP contribution < -0.4 is 0 Å². The minimum absolute atomic E-state index is 0.0151. The molecule has 6 heterocycles. The van der Waals surface area contributed by atoms with Gasteiger partial charge in [-0.15, -0.1) is 45.3 Å². The molecule has 0 N–H and O–H groups in total. The van der Waals surface area contributed by atoms with Crippen LogP contribution in [-0.4, -0.2) is 34.7 Å². The quantitative estimate of drug-likeness (QED) is 0.0360. The van der Waals surface area contributed by atoms with Crippen molar-refractivity contribution in [2.45, 2.75) is 260 Å². The minimum atomic E-state index is -0.664. The molecule has 0 saturated carbocycles. The topological polar surface area (TPSA) is 40.6 Å². The normalized spacial score (nSPS) is 15.4. The molecule has 0 fully saturated rings. The van der Waals surface area contributed by atoms with E-state index in [4.69, 9.17) is 0 Å². The van der Waals surface area contributed by atoms with Crippen LogP contribution in [0.2, 0.25) is 0 Å². The van der Waals surface area contributed by atoms with Gasteiger partial charge in [-0.1, -0.05) is 268 Å². The highest BCUT2D eigenvalue weighted by molar-refractivity contribution is 7.24. The molecule has 546 valence electrons. The van der Waals surface area contributed by atoms with E-state index >= 15 is 9.59 Å². The molecule has 13 rings (SSSR count). The van der Waals surface area contributed by atoms with Gasteiger partial charge in [-0.25, -0.2) is 0 Å². The number of amides is 2. The van der Waals surface area contributed by atoms with Crippen LogP contribution in [0.5, 0.6) is 0 Å². The number of carbonyl (C=O) groups is 2. The molecule has 5 aromatic carbocycles. The van der Waals surface area contributed by atoms with E-state index in [-0.39, 0.29) is 11.8 Å². The second-order valence-corrected chi connectivity index (χ2v) is 35.8. The summed E-state index contributed by atoms with van der Waals surface area (Å²) in [7, 11) is 0. The molecule has 0 bridgehead atoms. The number of hydrogen-bond donors (Lipinski definition) is 0. The molecule has 2 amide bonds. The molecule has 4 aromatic heterocycles. The summed E-state index contributed by atoms with van der Waals surface area (Å²) >= 11 is 7.41. The standard InChI is InChI=1S/C96H116N2O2S4/c1-11-19-25-29-35-69-40-48-73(49-41-69)95(74-50-42-70(43-51-74)36-30-26-20-12-2)79-61-78-80(60-77(79)91-81(95)59-66(10)102-91)96(75-52-44-71(45-53-75)37-31-27-21-13-3,76-54-46-72(47-55-76)38-32-28-22-14-4)82-62-86(104-92(78)82)83-57-58-85(103-83)90-88-87(93(99)98(90)64-68(18-8)34-24-16-6)89(84-56-39-65(9)101-84)97(94(88)100)63-67(17-7)33-23-15-5/h39-62,67-68H,11-38,63-64H2,1-10H3. The first-order valence-electron chi connectivity index (χ1n) is 41.0. The summed E-state index contributed by atoms with van der Waals surface area (Å²) in [4.78, 5) is 45.6. The monoisotopic (exact) mass is 1460 g/mol. The summed E-state index contributed by atoms with van der Waals surface area (Å²) in [5.74, 6) is 0.607. The number of carbonyl (C=O) groups excluding carboxylic acids is 2. The molecular formula is C96H116N2O2S4. The Kier molecular flexibility index (Phi) is 25.0. The van der Waals surface area contributed by atoms with Crippen molar-refractivity contribution in [3.63, 3.8) is 0 Å². The predicted octanol–water partition coefficient (Wildman–Crippen LogP) is 27.7. The van der Waals surface area contributed by atoms with Gasteiger partial charge in [-0.05, 0) is 216 Å². The van der Waals surface area contributed by atoms with E-state index in [1.165, 1.54) is 205 Å². The van der Waals surface area contributed by atoms with Gasteiger partial charge >= 0.3 is 0 Å². The number of hydrogen-bond acceptors (Lipinski definition) is 6. The van der Waals surface area contributed by atoms with Crippen molar-refractivity contribution < 1.29 is 9.59 Å². The average Bonchev–Trinajstić information content (AvgIpc) is 1.50. The molecule has 2 unspecified atom stereocenters. The highest BCUT2D eigenvalue weighted by Crippen LogP contribution is 2.66. The third kappa shape index (κ3) is 14.8. The van der Waals surface area contributed by atoms with Crippen molar-refractivity contribution in [3.05, 3.63) is 243 Å². The van der Waals surface area contributed by atoms with Crippen LogP contribution in [0.1, 0.15) is 296 Å². The molecule has 104 heavy (non-hydrogen) atoms. The third-order valence-corrected chi connectivity index (χ3v) is 28.4. The molecule has 2 aliphatic heterocycles. The van der Waals surface area contributed by atoms with Gasteiger partial charge in [0.15, 0.2) is 0 Å². The second kappa shape index (κ2) is 34.5. The summed E-state index contributed by atoms with van der Waals surface area (Å²) in [6.07, 6.45) is 32.7. The molecule has 4 aliphatic rings. The summed E-state index contributed by atoms with van der Waals surface area (Å²) in [5, 5.41) is 0. The number of rotatable bonds is 39. The average molecular weight is 1460 g/mol.